The van der Waals surface area contributed by atoms with Crippen LogP contribution < -0.4 is 0 Å². The normalized spacial score (nSPS) is 8.50. The summed E-state index contributed by atoms with van der Waals surface area (Å²) >= 11 is 3.07. The number of aliphatic hydroxyl groups is 2. The molecule has 0 aliphatic heterocycles. The number of hydrogen-bond donors (Lipinski definition) is 2. The van der Waals surface area contributed by atoms with E-state index in [1.807, 2.05) is 6.11 Å². The first-order chi connectivity index (χ1) is 4.91. The van der Waals surface area contributed by atoms with Crippen molar-refractivity contribution in [1.82, 2.24) is 0 Å². The first kappa shape index (κ1) is 10.0. The Morgan fingerprint density at radius 1 is 1.20 bits per heavy atom. The molecule has 0 aromatic rings. The summed E-state index contributed by atoms with van der Waals surface area (Å²) in [6.07, 6.45) is 1.81. The molecule has 58 valence electrons. The Morgan fingerprint density at radius 3 is 2.60 bits per heavy atom. The van der Waals surface area contributed by atoms with Gasteiger partial charge in [0.05, 0.1) is 6.61 Å². The molecule has 0 heterocycles. The van der Waals surface area contributed by atoms with Crippen molar-refractivity contribution < 1.29 is 10.2 Å². The lowest BCUT2D eigenvalue weighted by Gasteiger charge is -1.93. The van der Waals surface area contributed by atoms with Crippen molar-refractivity contribution in [2.45, 2.75) is 0 Å². The molecule has 2 N–H and O–H groups in total. The summed E-state index contributed by atoms with van der Waals surface area (Å²) in [5, 5.41) is 18.9. The van der Waals surface area contributed by atoms with Crippen molar-refractivity contribution in [2.75, 3.05) is 23.9 Å². The maximum atomic E-state index is 8.37. The van der Waals surface area contributed by atoms with E-state index in [0.29, 0.717) is 0 Å². The predicted molar refractivity (Wildman–Crippen MR) is 46.6 cm³/mol. The van der Waals surface area contributed by atoms with Crippen LogP contribution in [0, 0.1) is 11.4 Å². The lowest BCUT2D eigenvalue weighted by atomic mass is 10.9. The quantitative estimate of drug-likeness (QED) is 0.481. The monoisotopic (exact) mass is 178 g/mol. The molecule has 0 fully saturated rings. The molecular weight excluding hydrogens is 168 g/mol. The zero-order chi connectivity index (χ0) is 7.66. The average Bonchev–Trinajstić information content (AvgIpc) is 1.97. The Morgan fingerprint density at radius 2 is 2.00 bits per heavy atom. The van der Waals surface area contributed by atoms with Crippen LogP contribution >= 0.6 is 23.5 Å². The molecular formula is C6H10O2S2. The molecule has 10 heavy (non-hydrogen) atoms. The Bertz CT molecular complexity index is 117. The highest BCUT2D eigenvalue weighted by atomic mass is 32.2. The molecule has 0 rings (SSSR count). The lowest BCUT2D eigenvalue weighted by molar-refractivity contribution is 0.322. The minimum Gasteiger partial charge on any atom is -0.461 e. The number of hydrogen-bond acceptors (Lipinski definition) is 4. The maximum Gasteiger partial charge on any atom is 0.119 e. The van der Waals surface area contributed by atoms with Crippen LogP contribution in [0.25, 0.3) is 0 Å². The number of rotatable bonds is 5. The van der Waals surface area contributed by atoms with Gasteiger partial charge in [-0.2, -0.15) is 11.8 Å². The maximum absolute atomic E-state index is 8.37. The first-order valence-electron chi connectivity index (χ1n) is 2.86. The van der Waals surface area contributed by atoms with E-state index in [-0.39, 0.29) is 6.61 Å². The molecule has 0 saturated carbocycles. The molecule has 0 saturated heterocycles. The summed E-state index contributed by atoms with van der Waals surface area (Å²) in [7, 11) is 0. The van der Waals surface area contributed by atoms with Gasteiger partial charge in [-0.1, -0.05) is 11.8 Å². The molecule has 0 aliphatic rings. The summed E-state index contributed by atoms with van der Waals surface area (Å²) in [5.41, 5.74) is 0. The van der Waals surface area contributed by atoms with Crippen molar-refractivity contribution in [3.05, 3.63) is 0 Å². The zero-order valence-corrected chi connectivity index (χ0v) is 7.17. The molecule has 0 amide bonds. The highest BCUT2D eigenvalue weighted by Crippen LogP contribution is 2.04. The Kier molecular flexibility index (Phi) is 9.04. The SMILES string of the molecule is OC#CSCCSCCO. The van der Waals surface area contributed by atoms with Crippen LogP contribution in [-0.4, -0.2) is 34.1 Å². The van der Waals surface area contributed by atoms with Crippen molar-refractivity contribution in [3.8, 4) is 11.4 Å². The van der Waals surface area contributed by atoms with E-state index >= 15 is 0 Å². The third-order valence-electron chi connectivity index (χ3n) is 0.683. The molecule has 0 spiro atoms. The zero-order valence-electron chi connectivity index (χ0n) is 5.54. The molecule has 0 aliphatic carbocycles. The predicted octanol–water partition coefficient (Wildman–Crippen LogP) is 0.736. The van der Waals surface area contributed by atoms with Gasteiger partial charge in [0.15, 0.2) is 0 Å². The average molecular weight is 178 g/mol. The van der Waals surface area contributed by atoms with Crippen molar-refractivity contribution in [1.29, 1.82) is 0 Å². The van der Waals surface area contributed by atoms with E-state index in [0.717, 1.165) is 17.3 Å². The van der Waals surface area contributed by atoms with Crippen LogP contribution in [0.1, 0.15) is 0 Å². The van der Waals surface area contributed by atoms with E-state index < -0.39 is 0 Å². The van der Waals surface area contributed by atoms with Gasteiger partial charge in [-0.3, -0.25) is 0 Å². The van der Waals surface area contributed by atoms with Crippen LogP contribution in [0.4, 0.5) is 0 Å². The van der Waals surface area contributed by atoms with Gasteiger partial charge >= 0.3 is 0 Å². The molecule has 0 bridgehead atoms. The van der Waals surface area contributed by atoms with Crippen molar-refractivity contribution in [2.24, 2.45) is 0 Å². The summed E-state index contributed by atoms with van der Waals surface area (Å²) in [6.45, 7) is 0.237. The van der Waals surface area contributed by atoms with Gasteiger partial charge in [0.2, 0.25) is 0 Å². The van der Waals surface area contributed by atoms with Gasteiger partial charge in [-0.05, 0) is 0 Å². The van der Waals surface area contributed by atoms with Crippen LogP contribution in [0.2, 0.25) is 0 Å². The summed E-state index contributed by atoms with van der Waals surface area (Å²) in [4.78, 5) is 0. The molecule has 2 nitrogen and oxygen atoms in total. The third kappa shape index (κ3) is 8.02. The van der Waals surface area contributed by atoms with Crippen molar-refractivity contribution >= 4 is 23.5 Å². The topological polar surface area (TPSA) is 40.5 Å². The largest absolute Gasteiger partial charge is 0.461 e. The lowest BCUT2D eigenvalue weighted by Crippen LogP contribution is -1.89. The van der Waals surface area contributed by atoms with E-state index in [1.54, 1.807) is 11.8 Å². The van der Waals surface area contributed by atoms with Crippen LogP contribution in [0.3, 0.4) is 0 Å². The molecule has 0 radical (unpaired) electrons. The molecule has 0 aromatic carbocycles. The van der Waals surface area contributed by atoms with Gasteiger partial charge in [-0.25, -0.2) is 0 Å². The standard InChI is InChI=1S/C6H10O2S2/c7-1-3-9-5-6-10-4-2-8/h7-8H,1,3,5-6H2. The van der Waals surface area contributed by atoms with E-state index in [4.69, 9.17) is 10.2 Å². The fraction of sp³-hybridized carbons (Fsp3) is 0.667. The van der Waals surface area contributed by atoms with E-state index in [1.165, 1.54) is 11.8 Å². The second-order valence-corrected chi connectivity index (χ2v) is 3.52. The number of aliphatic hydroxyl groups excluding tert-OH is 2. The summed E-state index contributed by atoms with van der Waals surface area (Å²) in [5.74, 6) is 2.66. The smallest absolute Gasteiger partial charge is 0.119 e. The molecule has 0 aromatic heterocycles. The van der Waals surface area contributed by atoms with E-state index in [2.05, 4.69) is 5.25 Å². The Hall–Kier alpha value is 0.0200. The molecule has 0 atom stereocenters. The van der Waals surface area contributed by atoms with Crippen LogP contribution in [0.5, 0.6) is 0 Å². The van der Waals surface area contributed by atoms with Gasteiger partial charge in [-0.15, -0.1) is 0 Å². The first-order valence-corrected chi connectivity index (χ1v) is 5.00. The fourth-order valence-corrected chi connectivity index (χ4v) is 1.66. The molecule has 0 unspecified atom stereocenters. The van der Waals surface area contributed by atoms with Gasteiger partial charge < -0.3 is 10.2 Å². The van der Waals surface area contributed by atoms with Crippen molar-refractivity contribution in [3.63, 3.8) is 0 Å². The minimum absolute atomic E-state index is 0.237. The Labute approximate surface area is 69.4 Å². The van der Waals surface area contributed by atoms with Crippen LogP contribution in [-0.2, 0) is 0 Å². The van der Waals surface area contributed by atoms with Crippen LogP contribution in [0.15, 0.2) is 0 Å². The minimum atomic E-state index is 0.237. The second kappa shape index (κ2) is 9.02. The summed E-state index contributed by atoms with van der Waals surface area (Å²) < 4.78 is 0. The highest BCUT2D eigenvalue weighted by molar-refractivity contribution is 8.05. The van der Waals surface area contributed by atoms with E-state index in [9.17, 15) is 0 Å². The second-order valence-electron chi connectivity index (χ2n) is 1.40. The van der Waals surface area contributed by atoms with Gasteiger partial charge in [0.25, 0.3) is 0 Å². The summed E-state index contributed by atoms with van der Waals surface area (Å²) in [6, 6.07) is 0. The van der Waals surface area contributed by atoms with Gasteiger partial charge in [0, 0.05) is 22.5 Å². The van der Waals surface area contributed by atoms with Gasteiger partial charge in [0.1, 0.15) is 6.11 Å². The third-order valence-corrected chi connectivity index (χ3v) is 2.55. The number of thioether (sulfide) groups is 2. The molecule has 4 heteroatoms. The fourth-order valence-electron chi connectivity index (χ4n) is 0.351. The highest BCUT2D eigenvalue weighted by Gasteiger charge is 1.86. The Balaban J connectivity index is 2.82.